The molecule has 0 atom stereocenters. The second-order valence-corrected chi connectivity index (χ2v) is 14.0. The summed E-state index contributed by atoms with van der Waals surface area (Å²) in [5.74, 6) is 1.79. The molecule has 262 valence electrons. The minimum Gasteiger partial charge on any atom is -0.309 e. The minimum atomic E-state index is 0.563. The third-order valence-corrected chi connectivity index (χ3v) is 10.8. The van der Waals surface area contributed by atoms with Gasteiger partial charge in [-0.1, -0.05) is 164 Å². The van der Waals surface area contributed by atoms with Crippen molar-refractivity contribution in [3.05, 3.63) is 200 Å². The maximum Gasteiger partial charge on any atom is 0.238 e. The standard InChI is InChI=1S/C51H33N5/c1-5-18-34(19-6-1)37-24-17-25-38(32-37)50-52-49(36-22-9-3-10-23-36)53-51(54-50)56-44-31-16-14-29-41(44)47-46-40-28-13-15-30-43(40)55(39-26-11-4-12-27-39)45(46)33-42(48(47)56)35-20-7-2-8-21-35/h1-33H. The first-order valence-electron chi connectivity index (χ1n) is 18.9. The number of hydrogen-bond acceptors (Lipinski definition) is 3. The van der Waals surface area contributed by atoms with E-state index in [0.717, 1.165) is 71.9 Å². The molecule has 3 heterocycles. The summed E-state index contributed by atoms with van der Waals surface area (Å²) in [7, 11) is 0. The molecule has 0 unspecified atom stereocenters. The molecule has 0 amide bonds. The summed E-state index contributed by atoms with van der Waals surface area (Å²) >= 11 is 0. The summed E-state index contributed by atoms with van der Waals surface area (Å²) in [6.07, 6.45) is 0. The molecular formula is C51H33N5. The quantitative estimate of drug-likeness (QED) is 0.172. The van der Waals surface area contributed by atoms with Crippen molar-refractivity contribution in [1.29, 1.82) is 0 Å². The molecule has 0 aliphatic rings. The van der Waals surface area contributed by atoms with Crippen molar-refractivity contribution < 1.29 is 0 Å². The average Bonchev–Trinajstić information content (AvgIpc) is 3.80. The van der Waals surface area contributed by atoms with Crippen molar-refractivity contribution in [2.45, 2.75) is 0 Å². The molecule has 0 saturated carbocycles. The molecule has 0 radical (unpaired) electrons. The van der Waals surface area contributed by atoms with Gasteiger partial charge in [0.05, 0.1) is 22.1 Å². The molecule has 56 heavy (non-hydrogen) atoms. The number of para-hydroxylation sites is 3. The van der Waals surface area contributed by atoms with Gasteiger partial charge in [0.25, 0.3) is 0 Å². The van der Waals surface area contributed by atoms with E-state index in [9.17, 15) is 0 Å². The SMILES string of the molecule is c1ccc(-c2cccc(-c3nc(-c4ccccc4)nc(-n4c5ccccc5c5c6c7ccccc7n(-c7ccccc7)c6cc(-c6ccccc6)c54)n3)c2)cc1. The number of aromatic nitrogens is 5. The van der Waals surface area contributed by atoms with Gasteiger partial charge in [-0.15, -0.1) is 0 Å². The Morgan fingerprint density at radius 2 is 0.821 bits per heavy atom. The van der Waals surface area contributed by atoms with Crippen LogP contribution in [-0.2, 0) is 0 Å². The van der Waals surface area contributed by atoms with Crippen molar-refractivity contribution in [2.75, 3.05) is 0 Å². The van der Waals surface area contributed by atoms with Crippen LogP contribution < -0.4 is 0 Å². The van der Waals surface area contributed by atoms with E-state index in [0.29, 0.717) is 17.6 Å². The van der Waals surface area contributed by atoms with Crippen LogP contribution in [0, 0.1) is 0 Å². The largest absolute Gasteiger partial charge is 0.309 e. The molecule has 0 spiro atoms. The lowest BCUT2D eigenvalue weighted by Crippen LogP contribution is -2.07. The van der Waals surface area contributed by atoms with E-state index in [4.69, 9.17) is 15.0 Å². The fourth-order valence-corrected chi connectivity index (χ4v) is 8.29. The Morgan fingerprint density at radius 1 is 0.321 bits per heavy atom. The topological polar surface area (TPSA) is 48.5 Å². The number of hydrogen-bond donors (Lipinski definition) is 0. The van der Waals surface area contributed by atoms with Gasteiger partial charge in [-0.2, -0.15) is 9.97 Å². The van der Waals surface area contributed by atoms with Crippen molar-refractivity contribution in [1.82, 2.24) is 24.1 Å². The Morgan fingerprint density at radius 3 is 1.50 bits per heavy atom. The van der Waals surface area contributed by atoms with E-state index < -0.39 is 0 Å². The summed E-state index contributed by atoms with van der Waals surface area (Å²) in [6, 6.07) is 70.2. The highest BCUT2D eigenvalue weighted by Crippen LogP contribution is 2.46. The lowest BCUT2D eigenvalue weighted by atomic mass is 9.98. The van der Waals surface area contributed by atoms with Crippen molar-refractivity contribution in [3.8, 4) is 56.7 Å². The fourth-order valence-electron chi connectivity index (χ4n) is 8.29. The first-order valence-corrected chi connectivity index (χ1v) is 18.9. The predicted molar refractivity (Wildman–Crippen MR) is 230 cm³/mol. The van der Waals surface area contributed by atoms with Gasteiger partial charge < -0.3 is 4.57 Å². The molecular weight excluding hydrogens is 683 g/mol. The van der Waals surface area contributed by atoms with Crippen molar-refractivity contribution >= 4 is 43.6 Å². The maximum absolute atomic E-state index is 5.37. The highest BCUT2D eigenvalue weighted by Gasteiger charge is 2.25. The second kappa shape index (κ2) is 13.0. The third kappa shape index (κ3) is 5.13. The molecule has 0 aliphatic heterocycles. The van der Waals surface area contributed by atoms with E-state index in [1.165, 1.54) is 10.8 Å². The number of benzene rings is 8. The maximum atomic E-state index is 5.37. The van der Waals surface area contributed by atoms with Crippen LogP contribution in [0.2, 0.25) is 0 Å². The smallest absolute Gasteiger partial charge is 0.238 e. The summed E-state index contributed by atoms with van der Waals surface area (Å²) in [5, 5.41) is 4.69. The molecule has 0 fully saturated rings. The van der Waals surface area contributed by atoms with Crippen LogP contribution in [0.1, 0.15) is 0 Å². The zero-order chi connectivity index (χ0) is 37.0. The van der Waals surface area contributed by atoms with Crippen LogP contribution in [0.25, 0.3) is 100 Å². The monoisotopic (exact) mass is 715 g/mol. The first-order chi connectivity index (χ1) is 27.8. The van der Waals surface area contributed by atoms with Gasteiger partial charge in [0.1, 0.15) is 0 Å². The Balaban J connectivity index is 1.29. The molecule has 3 aromatic heterocycles. The lowest BCUT2D eigenvalue weighted by Gasteiger charge is -2.14. The van der Waals surface area contributed by atoms with Gasteiger partial charge in [0.15, 0.2) is 11.6 Å². The third-order valence-electron chi connectivity index (χ3n) is 10.8. The molecule has 0 bridgehead atoms. The van der Waals surface area contributed by atoms with E-state index in [1.54, 1.807) is 0 Å². The molecule has 0 aliphatic carbocycles. The van der Waals surface area contributed by atoms with Crippen LogP contribution in [0.3, 0.4) is 0 Å². The van der Waals surface area contributed by atoms with E-state index in [1.807, 2.05) is 24.3 Å². The molecule has 11 rings (SSSR count). The van der Waals surface area contributed by atoms with Crippen LogP contribution in [0.15, 0.2) is 200 Å². The van der Waals surface area contributed by atoms with Gasteiger partial charge in [-0.05, 0) is 53.1 Å². The average molecular weight is 716 g/mol. The minimum absolute atomic E-state index is 0.563. The van der Waals surface area contributed by atoms with E-state index >= 15 is 0 Å². The first kappa shape index (κ1) is 31.9. The van der Waals surface area contributed by atoms with Gasteiger partial charge in [-0.3, -0.25) is 4.57 Å². The molecule has 5 heteroatoms. The Bertz CT molecular complexity index is 3220. The normalized spacial score (nSPS) is 11.6. The summed E-state index contributed by atoms with van der Waals surface area (Å²) in [4.78, 5) is 15.8. The van der Waals surface area contributed by atoms with Gasteiger partial charge >= 0.3 is 0 Å². The lowest BCUT2D eigenvalue weighted by molar-refractivity contribution is 0.954. The fraction of sp³-hybridized carbons (Fsp3) is 0. The second-order valence-electron chi connectivity index (χ2n) is 14.0. The van der Waals surface area contributed by atoms with E-state index in [-0.39, 0.29) is 0 Å². The number of fused-ring (bicyclic) bond motifs is 7. The zero-order valence-corrected chi connectivity index (χ0v) is 30.3. The van der Waals surface area contributed by atoms with Crippen molar-refractivity contribution in [2.24, 2.45) is 0 Å². The van der Waals surface area contributed by atoms with Crippen LogP contribution in [0.4, 0.5) is 0 Å². The summed E-state index contributed by atoms with van der Waals surface area (Å²) in [5.41, 5.74) is 11.8. The molecule has 5 nitrogen and oxygen atoms in total. The Hall–Kier alpha value is -7.63. The Labute approximate surface area is 323 Å². The van der Waals surface area contributed by atoms with Crippen molar-refractivity contribution in [3.63, 3.8) is 0 Å². The zero-order valence-electron chi connectivity index (χ0n) is 30.3. The van der Waals surface area contributed by atoms with Crippen LogP contribution in [0.5, 0.6) is 0 Å². The molecule has 8 aromatic carbocycles. The number of rotatable bonds is 6. The molecule has 0 saturated heterocycles. The highest BCUT2D eigenvalue weighted by atomic mass is 15.2. The number of nitrogens with zero attached hydrogens (tertiary/aromatic N) is 5. The predicted octanol–water partition coefficient (Wildman–Crippen LogP) is 12.7. The summed E-state index contributed by atoms with van der Waals surface area (Å²) in [6.45, 7) is 0. The van der Waals surface area contributed by atoms with Gasteiger partial charge in [-0.25, -0.2) is 4.98 Å². The van der Waals surface area contributed by atoms with E-state index in [2.05, 4.69) is 185 Å². The van der Waals surface area contributed by atoms with Crippen LogP contribution in [-0.4, -0.2) is 24.1 Å². The Kier molecular flexibility index (Phi) is 7.42. The molecule has 11 aromatic rings. The van der Waals surface area contributed by atoms with Crippen LogP contribution >= 0.6 is 0 Å². The summed E-state index contributed by atoms with van der Waals surface area (Å²) < 4.78 is 4.66. The molecule has 0 N–H and O–H groups in total. The highest BCUT2D eigenvalue weighted by molar-refractivity contribution is 6.31. The van der Waals surface area contributed by atoms with Gasteiger partial charge in [0, 0.05) is 43.9 Å². The van der Waals surface area contributed by atoms with Gasteiger partial charge in [0.2, 0.25) is 5.95 Å².